The molecule has 0 aromatic carbocycles. The fraction of sp³-hybridized carbons (Fsp3) is 0.636. The van der Waals surface area contributed by atoms with E-state index in [4.69, 9.17) is 15.0 Å². The third kappa shape index (κ3) is 4.25. The lowest BCUT2D eigenvalue weighted by Gasteiger charge is -2.17. The van der Waals surface area contributed by atoms with Gasteiger partial charge in [-0.05, 0) is 6.42 Å². The maximum absolute atomic E-state index is 12.2. The first kappa shape index (κ1) is 15.0. The molecule has 1 heterocycles. The van der Waals surface area contributed by atoms with Crippen LogP contribution < -0.4 is 0 Å². The van der Waals surface area contributed by atoms with E-state index in [0.29, 0.717) is 12.3 Å². The minimum atomic E-state index is -4.41. The SMILES string of the molecule is CCc1nc(CC(C#N)(C#N)CCC(F)(F)F)no1. The number of aromatic nitrogens is 2. The molecule has 0 N–H and O–H groups in total. The van der Waals surface area contributed by atoms with Gasteiger partial charge >= 0.3 is 6.18 Å². The monoisotopic (exact) mass is 272 g/mol. The van der Waals surface area contributed by atoms with Crippen molar-refractivity contribution < 1.29 is 17.7 Å². The van der Waals surface area contributed by atoms with Crippen LogP contribution >= 0.6 is 0 Å². The fourth-order valence-corrected chi connectivity index (χ4v) is 1.43. The Kier molecular flexibility index (Phi) is 4.49. The van der Waals surface area contributed by atoms with Crippen LogP contribution in [0.3, 0.4) is 0 Å². The predicted octanol–water partition coefficient (Wildman–Crippen LogP) is 2.55. The summed E-state index contributed by atoms with van der Waals surface area (Å²) in [5, 5.41) is 21.5. The van der Waals surface area contributed by atoms with Crippen molar-refractivity contribution in [3.63, 3.8) is 0 Å². The minimum Gasteiger partial charge on any atom is -0.339 e. The van der Waals surface area contributed by atoms with Gasteiger partial charge in [0.2, 0.25) is 5.89 Å². The molecular weight excluding hydrogens is 261 g/mol. The highest BCUT2D eigenvalue weighted by molar-refractivity contribution is 5.17. The van der Waals surface area contributed by atoms with Gasteiger partial charge in [-0.15, -0.1) is 0 Å². The van der Waals surface area contributed by atoms with E-state index >= 15 is 0 Å². The van der Waals surface area contributed by atoms with E-state index in [-0.39, 0.29) is 12.2 Å². The molecule has 102 valence electrons. The van der Waals surface area contributed by atoms with Gasteiger partial charge in [-0.1, -0.05) is 12.1 Å². The summed E-state index contributed by atoms with van der Waals surface area (Å²) in [6.07, 6.45) is -6.03. The Labute approximate surface area is 107 Å². The van der Waals surface area contributed by atoms with Crippen molar-refractivity contribution >= 4 is 0 Å². The van der Waals surface area contributed by atoms with Gasteiger partial charge in [0.25, 0.3) is 0 Å². The Balaban J connectivity index is 2.83. The average Bonchev–Trinajstić information content (AvgIpc) is 2.81. The molecule has 0 saturated carbocycles. The number of hydrogen-bond acceptors (Lipinski definition) is 5. The van der Waals surface area contributed by atoms with E-state index < -0.39 is 24.4 Å². The predicted molar refractivity (Wildman–Crippen MR) is 56.3 cm³/mol. The zero-order chi connectivity index (χ0) is 14.5. The highest BCUT2D eigenvalue weighted by Gasteiger charge is 2.38. The molecule has 0 spiro atoms. The van der Waals surface area contributed by atoms with Crippen molar-refractivity contribution in [3.05, 3.63) is 11.7 Å². The van der Waals surface area contributed by atoms with Gasteiger partial charge in [-0.3, -0.25) is 0 Å². The van der Waals surface area contributed by atoms with E-state index in [1.807, 2.05) is 0 Å². The van der Waals surface area contributed by atoms with Gasteiger partial charge in [-0.2, -0.15) is 28.7 Å². The van der Waals surface area contributed by atoms with Crippen molar-refractivity contribution in [2.45, 2.75) is 38.8 Å². The molecular formula is C11H11F3N4O. The quantitative estimate of drug-likeness (QED) is 0.822. The van der Waals surface area contributed by atoms with Crippen LogP contribution in [-0.4, -0.2) is 16.3 Å². The molecule has 0 fully saturated rings. The van der Waals surface area contributed by atoms with Crippen LogP contribution in [-0.2, 0) is 12.8 Å². The van der Waals surface area contributed by atoms with E-state index in [9.17, 15) is 13.2 Å². The lowest BCUT2D eigenvalue weighted by molar-refractivity contribution is -0.138. The molecule has 0 aliphatic rings. The van der Waals surface area contributed by atoms with Crippen molar-refractivity contribution in [3.8, 4) is 12.1 Å². The highest BCUT2D eigenvalue weighted by atomic mass is 19.4. The van der Waals surface area contributed by atoms with Gasteiger partial charge in [0.05, 0.1) is 12.1 Å². The van der Waals surface area contributed by atoms with Crippen LogP contribution in [0.5, 0.6) is 0 Å². The molecule has 0 aliphatic heterocycles. The fourth-order valence-electron chi connectivity index (χ4n) is 1.43. The number of nitrogens with zero attached hydrogens (tertiary/aromatic N) is 4. The van der Waals surface area contributed by atoms with Crippen LogP contribution in [0.2, 0.25) is 0 Å². The van der Waals surface area contributed by atoms with Gasteiger partial charge < -0.3 is 4.52 Å². The number of halogens is 3. The first-order valence-corrected chi connectivity index (χ1v) is 5.55. The molecule has 0 atom stereocenters. The third-order valence-corrected chi connectivity index (χ3v) is 2.54. The maximum atomic E-state index is 12.2. The Hall–Kier alpha value is -2.09. The molecule has 5 nitrogen and oxygen atoms in total. The Bertz CT molecular complexity index is 495. The molecule has 19 heavy (non-hydrogen) atoms. The number of hydrogen-bond donors (Lipinski definition) is 0. The lowest BCUT2D eigenvalue weighted by Crippen LogP contribution is -2.23. The molecule has 8 heteroatoms. The Morgan fingerprint density at radius 1 is 1.21 bits per heavy atom. The topological polar surface area (TPSA) is 86.5 Å². The second-order valence-corrected chi connectivity index (χ2v) is 4.06. The van der Waals surface area contributed by atoms with Crippen molar-refractivity contribution in [2.24, 2.45) is 5.41 Å². The van der Waals surface area contributed by atoms with E-state index in [1.54, 1.807) is 19.1 Å². The van der Waals surface area contributed by atoms with Crippen molar-refractivity contribution in [2.75, 3.05) is 0 Å². The second kappa shape index (κ2) is 5.70. The van der Waals surface area contributed by atoms with Gasteiger partial charge in [-0.25, -0.2) is 0 Å². The standard InChI is InChI=1S/C11H11F3N4O/c1-2-9-17-8(18-19-9)5-10(6-15,7-16)3-4-11(12,13)14/h2-5H2,1H3. The van der Waals surface area contributed by atoms with Crippen molar-refractivity contribution in [1.29, 1.82) is 10.5 Å². The van der Waals surface area contributed by atoms with Crippen LogP contribution in [0.15, 0.2) is 4.52 Å². The molecule has 0 unspecified atom stereocenters. The summed E-state index contributed by atoms with van der Waals surface area (Å²) in [6, 6.07) is 3.26. The zero-order valence-corrected chi connectivity index (χ0v) is 10.2. The summed E-state index contributed by atoms with van der Waals surface area (Å²) < 4.78 is 41.4. The van der Waals surface area contributed by atoms with Crippen LogP contribution in [0.1, 0.15) is 31.5 Å². The first-order valence-electron chi connectivity index (χ1n) is 5.55. The summed E-state index contributed by atoms with van der Waals surface area (Å²) in [4.78, 5) is 3.89. The average molecular weight is 272 g/mol. The van der Waals surface area contributed by atoms with Gasteiger partial charge in [0, 0.05) is 19.3 Å². The molecule has 0 radical (unpaired) electrons. The maximum Gasteiger partial charge on any atom is 0.389 e. The molecule has 0 bridgehead atoms. The largest absolute Gasteiger partial charge is 0.389 e. The molecule has 1 rings (SSSR count). The van der Waals surface area contributed by atoms with Crippen LogP contribution in [0.4, 0.5) is 13.2 Å². The number of rotatable bonds is 5. The molecule has 1 aromatic heterocycles. The third-order valence-electron chi connectivity index (χ3n) is 2.54. The summed E-state index contributed by atoms with van der Waals surface area (Å²) in [6.45, 7) is 1.77. The normalized spacial score (nSPS) is 11.9. The second-order valence-electron chi connectivity index (χ2n) is 4.06. The number of nitriles is 2. The van der Waals surface area contributed by atoms with Gasteiger partial charge in [0.15, 0.2) is 11.2 Å². The Morgan fingerprint density at radius 2 is 1.84 bits per heavy atom. The molecule has 0 saturated heterocycles. The lowest BCUT2D eigenvalue weighted by atomic mass is 9.82. The minimum absolute atomic E-state index is 0.0714. The number of alkyl halides is 3. The van der Waals surface area contributed by atoms with E-state index in [1.165, 1.54) is 0 Å². The molecule has 1 aromatic rings. The van der Waals surface area contributed by atoms with Crippen LogP contribution in [0.25, 0.3) is 0 Å². The smallest absolute Gasteiger partial charge is 0.339 e. The van der Waals surface area contributed by atoms with Crippen LogP contribution in [0, 0.1) is 28.1 Å². The zero-order valence-electron chi connectivity index (χ0n) is 10.2. The number of aryl methyl sites for hydroxylation is 1. The molecule has 0 amide bonds. The summed E-state index contributed by atoms with van der Waals surface area (Å²) in [5.74, 6) is 0.387. The summed E-state index contributed by atoms with van der Waals surface area (Å²) in [7, 11) is 0. The summed E-state index contributed by atoms with van der Waals surface area (Å²) in [5.41, 5.74) is -1.79. The highest BCUT2D eigenvalue weighted by Crippen LogP contribution is 2.32. The molecule has 0 aliphatic carbocycles. The summed E-state index contributed by atoms with van der Waals surface area (Å²) >= 11 is 0. The van der Waals surface area contributed by atoms with Gasteiger partial charge in [0.1, 0.15) is 0 Å². The van der Waals surface area contributed by atoms with E-state index in [0.717, 1.165) is 0 Å². The first-order chi connectivity index (χ1) is 8.84. The van der Waals surface area contributed by atoms with Crippen molar-refractivity contribution in [1.82, 2.24) is 10.1 Å². The Morgan fingerprint density at radius 3 is 2.26 bits per heavy atom. The van der Waals surface area contributed by atoms with E-state index in [2.05, 4.69) is 10.1 Å².